The molecule has 3 nitrogen and oxygen atoms in total. The fourth-order valence-corrected chi connectivity index (χ4v) is 3.21. The third-order valence-corrected chi connectivity index (χ3v) is 5.40. The molecule has 0 N–H and O–H groups in total. The summed E-state index contributed by atoms with van der Waals surface area (Å²) in [5.41, 5.74) is 3.50. The molecule has 0 saturated carbocycles. The average molecular weight is 441 g/mol. The maximum Gasteiger partial charge on any atom is 0.185 e. The summed E-state index contributed by atoms with van der Waals surface area (Å²) in [6, 6.07) is 18.6. The van der Waals surface area contributed by atoms with Crippen LogP contribution < -0.4 is 9.47 Å². The summed E-state index contributed by atoms with van der Waals surface area (Å²) in [6.07, 6.45) is 4.25. The second kappa shape index (κ2) is 10.3. The zero-order valence-corrected chi connectivity index (χ0v) is 18.3. The van der Waals surface area contributed by atoms with Gasteiger partial charge in [-0.3, -0.25) is 4.79 Å². The number of aryl methyl sites for hydroxylation is 1. The van der Waals surface area contributed by atoms with Crippen molar-refractivity contribution in [2.75, 3.05) is 7.11 Å². The summed E-state index contributed by atoms with van der Waals surface area (Å²) in [5, 5.41) is 0.771. The van der Waals surface area contributed by atoms with Crippen molar-refractivity contribution in [3.63, 3.8) is 0 Å². The maximum absolute atomic E-state index is 12.4. The number of methoxy groups -OCH3 is 1. The highest BCUT2D eigenvalue weighted by atomic mass is 35.5. The monoisotopic (exact) mass is 440 g/mol. The van der Waals surface area contributed by atoms with Crippen LogP contribution in [0.1, 0.15) is 34.0 Å². The lowest BCUT2D eigenvalue weighted by Crippen LogP contribution is -1.99. The fraction of sp³-hybridized carbons (Fsp3) is 0.160. The number of ether oxygens (including phenoxy) is 2. The first-order valence-corrected chi connectivity index (χ1v) is 10.3. The van der Waals surface area contributed by atoms with Crippen LogP contribution in [0.3, 0.4) is 0 Å². The number of halogens is 2. The van der Waals surface area contributed by atoms with E-state index in [0.717, 1.165) is 29.0 Å². The Morgan fingerprint density at radius 3 is 2.40 bits per heavy atom. The van der Waals surface area contributed by atoms with Gasteiger partial charge in [-0.1, -0.05) is 54.4 Å². The van der Waals surface area contributed by atoms with E-state index >= 15 is 0 Å². The second-order valence-corrected chi connectivity index (χ2v) is 7.50. The first-order chi connectivity index (χ1) is 14.5. The van der Waals surface area contributed by atoms with Crippen LogP contribution in [0.25, 0.3) is 6.08 Å². The predicted molar refractivity (Wildman–Crippen MR) is 123 cm³/mol. The molecule has 154 valence electrons. The van der Waals surface area contributed by atoms with E-state index in [1.807, 2.05) is 30.3 Å². The van der Waals surface area contributed by atoms with Gasteiger partial charge < -0.3 is 9.47 Å². The van der Waals surface area contributed by atoms with Crippen molar-refractivity contribution in [1.29, 1.82) is 0 Å². The molecule has 3 aromatic carbocycles. The number of allylic oxidation sites excluding steroid dienone is 1. The van der Waals surface area contributed by atoms with E-state index in [9.17, 15) is 4.79 Å². The van der Waals surface area contributed by atoms with Crippen LogP contribution >= 0.6 is 23.2 Å². The van der Waals surface area contributed by atoms with Gasteiger partial charge in [0.05, 0.1) is 17.2 Å². The van der Waals surface area contributed by atoms with E-state index in [1.54, 1.807) is 31.4 Å². The maximum atomic E-state index is 12.4. The zero-order valence-electron chi connectivity index (χ0n) is 16.8. The molecule has 0 spiro atoms. The standard InChI is InChI=1S/C25H22Cl2O3/c1-3-17-4-9-21(10-5-17)30-16-20-14-18(7-13-25(20)29-2)6-12-24(28)19-8-11-22(26)23(27)15-19/h4-15H,3,16H2,1-2H3/b12-6+. The Kier molecular flexibility index (Phi) is 7.56. The predicted octanol–water partition coefficient (Wildman–Crippen LogP) is 7.04. The molecule has 0 amide bonds. The minimum atomic E-state index is -0.154. The van der Waals surface area contributed by atoms with Crippen molar-refractivity contribution in [3.8, 4) is 11.5 Å². The largest absolute Gasteiger partial charge is 0.496 e. The third kappa shape index (κ3) is 5.65. The zero-order chi connectivity index (χ0) is 21.5. The summed E-state index contributed by atoms with van der Waals surface area (Å²) >= 11 is 11.9. The van der Waals surface area contributed by atoms with Gasteiger partial charge in [0, 0.05) is 11.1 Å². The van der Waals surface area contributed by atoms with Crippen LogP contribution in [-0.4, -0.2) is 12.9 Å². The van der Waals surface area contributed by atoms with Gasteiger partial charge in [0.1, 0.15) is 18.1 Å². The van der Waals surface area contributed by atoms with E-state index in [4.69, 9.17) is 32.7 Å². The lowest BCUT2D eigenvalue weighted by atomic mass is 10.1. The van der Waals surface area contributed by atoms with Crippen molar-refractivity contribution in [2.45, 2.75) is 20.0 Å². The molecule has 30 heavy (non-hydrogen) atoms. The molecule has 0 fully saturated rings. The smallest absolute Gasteiger partial charge is 0.185 e. The number of hydrogen-bond acceptors (Lipinski definition) is 3. The molecule has 3 aromatic rings. The third-order valence-electron chi connectivity index (χ3n) is 4.66. The molecule has 3 rings (SSSR count). The fourth-order valence-electron chi connectivity index (χ4n) is 2.91. The molecule has 0 heterocycles. The van der Waals surface area contributed by atoms with Crippen LogP contribution in [0.4, 0.5) is 0 Å². The molecule has 0 aliphatic rings. The van der Waals surface area contributed by atoms with Crippen molar-refractivity contribution >= 4 is 35.1 Å². The molecular weight excluding hydrogens is 419 g/mol. The van der Waals surface area contributed by atoms with Gasteiger partial charge >= 0.3 is 0 Å². The quantitative estimate of drug-likeness (QED) is 0.278. The molecule has 0 saturated heterocycles. The van der Waals surface area contributed by atoms with E-state index in [1.165, 1.54) is 11.6 Å². The van der Waals surface area contributed by atoms with Crippen LogP contribution in [-0.2, 0) is 13.0 Å². The topological polar surface area (TPSA) is 35.5 Å². The Bertz CT molecular complexity index is 1060. The van der Waals surface area contributed by atoms with E-state index in [-0.39, 0.29) is 5.78 Å². The SMILES string of the molecule is CCc1ccc(OCc2cc(/C=C/C(=O)c3ccc(Cl)c(Cl)c3)ccc2OC)cc1. The van der Waals surface area contributed by atoms with E-state index in [0.29, 0.717) is 22.2 Å². The van der Waals surface area contributed by atoms with Gasteiger partial charge in [0.2, 0.25) is 0 Å². The minimum absolute atomic E-state index is 0.154. The highest BCUT2D eigenvalue weighted by Gasteiger charge is 2.07. The summed E-state index contributed by atoms with van der Waals surface area (Å²) in [4.78, 5) is 12.4. The van der Waals surface area contributed by atoms with Crippen molar-refractivity contribution in [2.24, 2.45) is 0 Å². The number of benzene rings is 3. The number of ketones is 1. The lowest BCUT2D eigenvalue weighted by molar-refractivity contribution is 0.104. The number of carbonyl (C=O) groups is 1. The summed E-state index contributed by atoms with van der Waals surface area (Å²) in [6.45, 7) is 2.48. The van der Waals surface area contributed by atoms with Gasteiger partial charge in [-0.2, -0.15) is 0 Å². The highest BCUT2D eigenvalue weighted by Crippen LogP contribution is 2.25. The van der Waals surface area contributed by atoms with Crippen LogP contribution in [0.2, 0.25) is 10.0 Å². The van der Waals surface area contributed by atoms with Gasteiger partial charge in [0.15, 0.2) is 5.78 Å². The van der Waals surface area contributed by atoms with Crippen molar-refractivity contribution in [1.82, 2.24) is 0 Å². The van der Waals surface area contributed by atoms with Gasteiger partial charge in [0.25, 0.3) is 0 Å². The molecule has 0 aliphatic heterocycles. The molecular formula is C25H22Cl2O3. The second-order valence-electron chi connectivity index (χ2n) is 6.68. The summed E-state index contributed by atoms with van der Waals surface area (Å²) < 4.78 is 11.4. The molecule has 5 heteroatoms. The molecule has 0 aliphatic carbocycles. The molecule has 0 radical (unpaired) electrons. The normalized spacial score (nSPS) is 10.9. The number of hydrogen-bond donors (Lipinski definition) is 0. The average Bonchev–Trinajstić information content (AvgIpc) is 2.78. The first-order valence-electron chi connectivity index (χ1n) is 9.56. The van der Waals surface area contributed by atoms with Crippen LogP contribution in [0.5, 0.6) is 11.5 Å². The highest BCUT2D eigenvalue weighted by molar-refractivity contribution is 6.42. The van der Waals surface area contributed by atoms with Crippen LogP contribution in [0, 0.1) is 0 Å². The first kappa shape index (κ1) is 21.9. The van der Waals surface area contributed by atoms with Gasteiger partial charge in [-0.05, 0) is 66.1 Å². The summed E-state index contributed by atoms with van der Waals surface area (Å²) in [7, 11) is 1.62. The van der Waals surface area contributed by atoms with Crippen LogP contribution in [0.15, 0.2) is 66.7 Å². The molecule has 0 bridgehead atoms. The van der Waals surface area contributed by atoms with Gasteiger partial charge in [-0.15, -0.1) is 0 Å². The van der Waals surface area contributed by atoms with Crippen molar-refractivity contribution in [3.05, 3.63) is 99.0 Å². The van der Waals surface area contributed by atoms with Crippen molar-refractivity contribution < 1.29 is 14.3 Å². The Hall–Kier alpha value is -2.75. The lowest BCUT2D eigenvalue weighted by Gasteiger charge is -2.11. The molecule has 0 atom stereocenters. The Balaban J connectivity index is 1.73. The number of carbonyl (C=O) groups excluding carboxylic acids is 1. The molecule has 0 aromatic heterocycles. The Labute approximate surface area is 186 Å². The number of rotatable bonds is 8. The summed E-state index contributed by atoms with van der Waals surface area (Å²) in [5.74, 6) is 1.37. The Morgan fingerprint density at radius 1 is 0.967 bits per heavy atom. The van der Waals surface area contributed by atoms with Gasteiger partial charge in [-0.25, -0.2) is 0 Å². The Morgan fingerprint density at radius 2 is 1.73 bits per heavy atom. The molecule has 0 unspecified atom stereocenters. The minimum Gasteiger partial charge on any atom is -0.496 e. The van der Waals surface area contributed by atoms with E-state index in [2.05, 4.69) is 19.1 Å². The van der Waals surface area contributed by atoms with E-state index < -0.39 is 0 Å².